The van der Waals surface area contributed by atoms with Crippen molar-refractivity contribution >= 4 is 17.2 Å². The fourth-order valence-corrected chi connectivity index (χ4v) is 6.35. The number of hydrogen-bond acceptors (Lipinski definition) is 5. The highest BCUT2D eigenvalue weighted by atomic mass is 19.3. The number of halogens is 2. The second kappa shape index (κ2) is 7.49. The molecule has 4 aliphatic rings. The molecule has 9 nitrogen and oxygen atoms in total. The monoisotopic (exact) mass is 530 g/mol. The van der Waals surface area contributed by atoms with Crippen molar-refractivity contribution in [2.24, 2.45) is 5.92 Å². The Hall–Kier alpha value is -4.15. The van der Waals surface area contributed by atoms with Crippen LogP contribution in [0.5, 0.6) is 0 Å². The van der Waals surface area contributed by atoms with Gasteiger partial charge in [0, 0.05) is 35.8 Å². The molecular formula is C28H24F2N6O3. The van der Waals surface area contributed by atoms with Gasteiger partial charge < -0.3 is 9.88 Å². The van der Waals surface area contributed by atoms with Crippen LogP contribution in [0.4, 0.5) is 14.5 Å². The van der Waals surface area contributed by atoms with Gasteiger partial charge in [0.25, 0.3) is 11.5 Å². The zero-order chi connectivity index (χ0) is 26.7. The van der Waals surface area contributed by atoms with E-state index in [1.54, 1.807) is 16.9 Å². The number of imidazole rings is 1. The van der Waals surface area contributed by atoms with E-state index < -0.39 is 35.0 Å². The molecule has 198 valence electrons. The second-order valence-electron chi connectivity index (χ2n) is 11.4. The molecule has 0 radical (unpaired) electrons. The van der Waals surface area contributed by atoms with Gasteiger partial charge in [0.05, 0.1) is 23.2 Å². The summed E-state index contributed by atoms with van der Waals surface area (Å²) >= 11 is 0. The summed E-state index contributed by atoms with van der Waals surface area (Å²) in [7, 11) is 0. The van der Waals surface area contributed by atoms with Crippen LogP contribution in [0.1, 0.15) is 60.6 Å². The van der Waals surface area contributed by atoms with Gasteiger partial charge in [-0.25, -0.2) is 23.1 Å². The van der Waals surface area contributed by atoms with Gasteiger partial charge in [0.15, 0.2) is 5.65 Å². The first-order chi connectivity index (χ1) is 18.7. The number of alkyl halides is 2. The summed E-state index contributed by atoms with van der Waals surface area (Å²) in [6, 6.07) is 7.75. The van der Waals surface area contributed by atoms with Crippen LogP contribution in [0.2, 0.25) is 0 Å². The molecule has 2 N–H and O–H groups in total. The number of nitrogens with zero attached hydrogens (tertiary/aromatic N) is 4. The van der Waals surface area contributed by atoms with Crippen molar-refractivity contribution in [3.63, 3.8) is 0 Å². The zero-order valence-corrected chi connectivity index (χ0v) is 20.8. The zero-order valence-electron chi connectivity index (χ0n) is 20.8. The lowest BCUT2D eigenvalue weighted by Crippen LogP contribution is -2.42. The van der Waals surface area contributed by atoms with Crippen LogP contribution in [-0.4, -0.2) is 42.9 Å². The number of rotatable bonds is 6. The van der Waals surface area contributed by atoms with E-state index in [0.29, 0.717) is 42.7 Å². The van der Waals surface area contributed by atoms with E-state index in [1.165, 1.54) is 11.1 Å². The normalized spacial score (nSPS) is 23.0. The van der Waals surface area contributed by atoms with Crippen molar-refractivity contribution in [2.45, 2.75) is 55.3 Å². The average molecular weight is 531 g/mol. The Balaban J connectivity index is 1.15. The third-order valence-electron chi connectivity index (χ3n) is 8.88. The molecule has 4 heterocycles. The third-order valence-corrected chi connectivity index (χ3v) is 8.88. The maximum absolute atomic E-state index is 14.8. The number of carbonyl (C=O) groups is 1. The van der Waals surface area contributed by atoms with Gasteiger partial charge >= 0.3 is 5.69 Å². The van der Waals surface area contributed by atoms with Crippen LogP contribution in [0.15, 0.2) is 52.4 Å². The maximum Gasteiger partial charge on any atom is 0.325 e. The van der Waals surface area contributed by atoms with Crippen molar-refractivity contribution in [3.8, 4) is 11.3 Å². The number of H-pyrrole nitrogens is 2. The first-order valence-electron chi connectivity index (χ1n) is 13.3. The summed E-state index contributed by atoms with van der Waals surface area (Å²) in [5.74, 6) is -3.52. The number of amides is 1. The van der Waals surface area contributed by atoms with Gasteiger partial charge in [0.2, 0.25) is 5.91 Å². The van der Waals surface area contributed by atoms with Crippen LogP contribution in [0.25, 0.3) is 16.9 Å². The van der Waals surface area contributed by atoms with Crippen molar-refractivity contribution in [1.82, 2.24) is 24.6 Å². The van der Waals surface area contributed by atoms with Crippen molar-refractivity contribution in [2.75, 3.05) is 11.4 Å². The van der Waals surface area contributed by atoms with E-state index in [1.807, 2.05) is 24.3 Å². The number of hydrogen-bond donors (Lipinski definition) is 2. The fourth-order valence-electron chi connectivity index (χ4n) is 6.35. The fraction of sp³-hybridized carbons (Fsp3) is 0.393. The number of fused-ring (bicyclic) bond motifs is 3. The molecule has 4 aromatic rings. The minimum Gasteiger partial charge on any atom is -0.313 e. The summed E-state index contributed by atoms with van der Waals surface area (Å²) in [6.07, 6.45) is 7.93. The molecule has 0 saturated heterocycles. The smallest absolute Gasteiger partial charge is 0.313 e. The van der Waals surface area contributed by atoms with E-state index in [9.17, 15) is 23.2 Å². The first kappa shape index (κ1) is 22.8. The standard InChI is InChI=1S/C28H24F2N6O3/c29-28(30,15-2-3-15)13-35-22-9-14(1-4-20(22)27(5-6-27)25(35)38)16-10-17(16)18-11-21(34-36-8-7-31-23(18)36)19-12-32-26(39)33-24(19)37/h1,4,7-9,11-12,15-17H,2-3,5-6,10,13H2,(H2,32,33,37,39)/t16?,17-/m0/s1. The van der Waals surface area contributed by atoms with Crippen molar-refractivity contribution in [1.29, 1.82) is 0 Å². The van der Waals surface area contributed by atoms with Gasteiger partial charge in [-0.15, -0.1) is 0 Å². The predicted molar refractivity (Wildman–Crippen MR) is 137 cm³/mol. The minimum absolute atomic E-state index is 0.0740. The largest absolute Gasteiger partial charge is 0.325 e. The molecule has 1 unspecified atom stereocenters. The lowest BCUT2D eigenvalue weighted by molar-refractivity contribution is -0.121. The quantitative estimate of drug-likeness (QED) is 0.396. The molecule has 3 aromatic heterocycles. The summed E-state index contributed by atoms with van der Waals surface area (Å²) in [5, 5.41) is 4.50. The maximum atomic E-state index is 14.8. The van der Waals surface area contributed by atoms with E-state index in [0.717, 1.165) is 23.1 Å². The number of aromatic nitrogens is 5. The van der Waals surface area contributed by atoms with Crippen LogP contribution in [0.3, 0.4) is 0 Å². The van der Waals surface area contributed by atoms with Gasteiger partial charge in [-0.05, 0) is 67.2 Å². The molecule has 39 heavy (non-hydrogen) atoms. The Labute approximate surface area is 219 Å². The van der Waals surface area contributed by atoms with Gasteiger partial charge in [0.1, 0.15) is 0 Å². The second-order valence-corrected chi connectivity index (χ2v) is 11.4. The highest BCUT2D eigenvalue weighted by molar-refractivity contribution is 6.10. The van der Waals surface area contributed by atoms with Crippen molar-refractivity contribution < 1.29 is 13.6 Å². The number of aromatic amines is 2. The molecule has 1 amide bonds. The molecule has 3 saturated carbocycles. The number of benzene rings is 1. The molecule has 3 fully saturated rings. The molecule has 1 spiro atoms. The number of nitrogens with one attached hydrogen (secondary N) is 2. The third kappa shape index (κ3) is 3.38. The Morgan fingerprint density at radius 2 is 1.92 bits per heavy atom. The molecule has 1 aromatic carbocycles. The van der Waals surface area contributed by atoms with Crippen LogP contribution in [0, 0.1) is 5.92 Å². The van der Waals surface area contributed by atoms with Crippen LogP contribution in [-0.2, 0) is 10.2 Å². The minimum atomic E-state index is -2.88. The Morgan fingerprint density at radius 1 is 1.10 bits per heavy atom. The van der Waals surface area contributed by atoms with Crippen molar-refractivity contribution in [3.05, 3.63) is 80.4 Å². The number of carbonyl (C=O) groups excluding carboxylic acids is 1. The summed E-state index contributed by atoms with van der Waals surface area (Å²) in [5.41, 5.74) is 2.96. The molecular weight excluding hydrogens is 506 g/mol. The molecule has 0 bridgehead atoms. The van der Waals surface area contributed by atoms with Crippen LogP contribution >= 0.6 is 0 Å². The first-order valence-corrected chi connectivity index (χ1v) is 13.3. The summed E-state index contributed by atoms with van der Waals surface area (Å²) in [4.78, 5) is 47.8. The van der Waals surface area contributed by atoms with E-state index in [2.05, 4.69) is 20.1 Å². The van der Waals surface area contributed by atoms with Gasteiger partial charge in [-0.3, -0.25) is 14.6 Å². The SMILES string of the molecule is O=C1N(CC(F)(F)C2CC2)c2cc(C3C[C@@H]3c3cc(-c4c[nH]c(=O)[nH]c4=O)nn4ccnc34)ccc2C12CC2. The van der Waals surface area contributed by atoms with E-state index in [4.69, 9.17) is 0 Å². The molecule has 11 heteroatoms. The molecule has 3 aliphatic carbocycles. The molecule has 1 aliphatic heterocycles. The van der Waals surface area contributed by atoms with E-state index in [-0.39, 0.29) is 23.3 Å². The Kier molecular flexibility index (Phi) is 4.38. The Morgan fingerprint density at radius 3 is 2.67 bits per heavy atom. The molecule has 2 atom stereocenters. The van der Waals surface area contributed by atoms with E-state index >= 15 is 0 Å². The highest BCUT2D eigenvalue weighted by Gasteiger charge is 2.61. The number of anilines is 1. The highest BCUT2D eigenvalue weighted by Crippen LogP contribution is 2.61. The summed E-state index contributed by atoms with van der Waals surface area (Å²) in [6.45, 7) is -0.557. The topological polar surface area (TPSA) is 116 Å². The van der Waals surface area contributed by atoms with Gasteiger partial charge in [-0.1, -0.05) is 12.1 Å². The molecule has 8 rings (SSSR count). The lowest BCUT2D eigenvalue weighted by atomic mass is 9.95. The summed E-state index contributed by atoms with van der Waals surface area (Å²) < 4.78 is 31.3. The van der Waals surface area contributed by atoms with Crippen LogP contribution < -0.4 is 16.1 Å². The average Bonchev–Trinajstić information content (AvgIpc) is 3.79. The lowest BCUT2D eigenvalue weighted by Gasteiger charge is -2.25. The van der Waals surface area contributed by atoms with Gasteiger partial charge in [-0.2, -0.15) is 5.10 Å². The Bertz CT molecular complexity index is 1820. The predicted octanol–water partition coefficient (Wildman–Crippen LogP) is 3.47.